The minimum atomic E-state index is -1.50. The maximum atomic E-state index is 13.0. The van der Waals surface area contributed by atoms with E-state index in [1.807, 2.05) is 0 Å². The molecule has 2 nitrogen and oxygen atoms in total. The predicted octanol–water partition coefficient (Wildman–Crippen LogP) is 1.67. The molecule has 1 aliphatic rings. The van der Waals surface area contributed by atoms with Crippen molar-refractivity contribution in [2.45, 2.75) is 18.4 Å². The summed E-state index contributed by atoms with van der Waals surface area (Å²) in [6.45, 7) is 1.13. The lowest BCUT2D eigenvalue weighted by atomic mass is 9.85. The van der Waals surface area contributed by atoms with Crippen LogP contribution in [0.3, 0.4) is 0 Å². The second-order valence-corrected chi connectivity index (χ2v) is 4.04. The predicted molar refractivity (Wildman–Crippen MR) is 52.3 cm³/mol. The molecule has 0 unspecified atom stereocenters. The molecule has 2 N–H and O–H groups in total. The molecule has 0 bridgehead atoms. The molecule has 88 valence electrons. The lowest BCUT2D eigenvalue weighted by Crippen LogP contribution is -2.39. The molecular formula is C11H12F3NO. The molecule has 0 spiro atoms. The summed E-state index contributed by atoms with van der Waals surface area (Å²) >= 11 is 0. The van der Waals surface area contributed by atoms with Gasteiger partial charge in [-0.15, -0.1) is 0 Å². The lowest BCUT2D eigenvalue weighted by molar-refractivity contribution is 0.00524. The first-order chi connectivity index (χ1) is 7.53. The molecule has 0 aromatic heterocycles. The number of rotatable bonds is 1. The van der Waals surface area contributed by atoms with Gasteiger partial charge in [-0.05, 0) is 43.6 Å². The van der Waals surface area contributed by atoms with E-state index < -0.39 is 23.1 Å². The van der Waals surface area contributed by atoms with Crippen LogP contribution in [0.2, 0.25) is 0 Å². The third-order valence-corrected chi connectivity index (χ3v) is 2.95. The molecule has 1 aliphatic heterocycles. The van der Waals surface area contributed by atoms with Gasteiger partial charge in [0.1, 0.15) is 0 Å². The van der Waals surface area contributed by atoms with E-state index in [0.29, 0.717) is 25.9 Å². The van der Waals surface area contributed by atoms with Gasteiger partial charge in [-0.25, -0.2) is 13.2 Å². The number of benzene rings is 1. The van der Waals surface area contributed by atoms with Gasteiger partial charge in [-0.2, -0.15) is 0 Å². The maximum Gasteiger partial charge on any atom is 0.194 e. The van der Waals surface area contributed by atoms with E-state index in [9.17, 15) is 18.3 Å². The molecule has 2 rings (SSSR count). The summed E-state index contributed by atoms with van der Waals surface area (Å²) in [5.74, 6) is -4.02. The molecular weight excluding hydrogens is 219 g/mol. The van der Waals surface area contributed by atoms with E-state index >= 15 is 0 Å². The van der Waals surface area contributed by atoms with Crippen molar-refractivity contribution in [3.05, 3.63) is 35.1 Å². The van der Waals surface area contributed by atoms with Crippen LogP contribution in [0, 0.1) is 17.5 Å². The van der Waals surface area contributed by atoms with Crippen molar-refractivity contribution in [2.24, 2.45) is 0 Å². The number of piperidine rings is 1. The molecule has 1 heterocycles. The molecule has 1 aromatic rings. The second kappa shape index (κ2) is 4.07. The normalized spacial score (nSPS) is 19.8. The Morgan fingerprint density at radius 2 is 1.56 bits per heavy atom. The van der Waals surface area contributed by atoms with Gasteiger partial charge in [0.15, 0.2) is 17.5 Å². The number of nitrogens with one attached hydrogen (secondary N) is 1. The first-order valence-corrected chi connectivity index (χ1v) is 5.11. The summed E-state index contributed by atoms with van der Waals surface area (Å²) in [6, 6.07) is 1.73. The van der Waals surface area contributed by atoms with Crippen LogP contribution in [0.4, 0.5) is 13.2 Å². The number of aliphatic hydroxyl groups is 1. The summed E-state index contributed by atoms with van der Waals surface area (Å²) in [5, 5.41) is 13.2. The first kappa shape index (κ1) is 11.4. The fourth-order valence-electron chi connectivity index (χ4n) is 1.95. The SMILES string of the molecule is OC1(c2cc(F)c(F)c(F)c2)CCNCC1. The van der Waals surface area contributed by atoms with E-state index in [-0.39, 0.29) is 5.56 Å². The standard InChI is InChI=1S/C11H12F3NO/c12-8-5-7(6-9(13)10(8)14)11(16)1-3-15-4-2-11/h5-6,15-16H,1-4H2. The molecule has 16 heavy (non-hydrogen) atoms. The molecule has 0 radical (unpaired) electrons. The molecule has 1 fully saturated rings. The monoisotopic (exact) mass is 231 g/mol. The van der Waals surface area contributed by atoms with Crippen molar-refractivity contribution in [3.63, 3.8) is 0 Å². The van der Waals surface area contributed by atoms with Gasteiger partial charge in [-0.1, -0.05) is 0 Å². The highest BCUT2D eigenvalue weighted by molar-refractivity contribution is 5.26. The largest absolute Gasteiger partial charge is 0.385 e. The Balaban J connectivity index is 2.39. The number of hydrogen-bond donors (Lipinski definition) is 2. The molecule has 1 saturated heterocycles. The van der Waals surface area contributed by atoms with Crippen molar-refractivity contribution < 1.29 is 18.3 Å². The summed E-state index contributed by atoms with van der Waals surface area (Å²) < 4.78 is 38.8. The Morgan fingerprint density at radius 1 is 1.06 bits per heavy atom. The molecule has 5 heteroatoms. The van der Waals surface area contributed by atoms with E-state index in [0.717, 1.165) is 12.1 Å². The van der Waals surface area contributed by atoms with Gasteiger partial charge in [0.05, 0.1) is 5.60 Å². The highest BCUT2D eigenvalue weighted by atomic mass is 19.2. The van der Waals surface area contributed by atoms with Crippen molar-refractivity contribution in [2.75, 3.05) is 13.1 Å². The third kappa shape index (κ3) is 1.92. The van der Waals surface area contributed by atoms with Crippen molar-refractivity contribution in [1.82, 2.24) is 5.32 Å². The zero-order valence-electron chi connectivity index (χ0n) is 8.56. The average molecular weight is 231 g/mol. The second-order valence-electron chi connectivity index (χ2n) is 4.04. The van der Waals surface area contributed by atoms with E-state index in [4.69, 9.17) is 0 Å². The average Bonchev–Trinajstić information content (AvgIpc) is 2.26. The van der Waals surface area contributed by atoms with Crippen molar-refractivity contribution in [3.8, 4) is 0 Å². The number of hydrogen-bond acceptors (Lipinski definition) is 2. The topological polar surface area (TPSA) is 32.3 Å². The van der Waals surface area contributed by atoms with Crippen LogP contribution >= 0.6 is 0 Å². The zero-order valence-corrected chi connectivity index (χ0v) is 8.56. The minimum Gasteiger partial charge on any atom is -0.385 e. The van der Waals surface area contributed by atoms with Crippen molar-refractivity contribution >= 4 is 0 Å². The van der Waals surface area contributed by atoms with E-state index in [1.54, 1.807) is 0 Å². The molecule has 0 atom stereocenters. The summed E-state index contributed by atoms with van der Waals surface area (Å²) in [7, 11) is 0. The summed E-state index contributed by atoms with van der Waals surface area (Å²) in [6.07, 6.45) is 0.717. The lowest BCUT2D eigenvalue weighted by Gasteiger charge is -2.33. The van der Waals surface area contributed by atoms with Gasteiger partial charge in [0.2, 0.25) is 0 Å². The minimum absolute atomic E-state index is 0.102. The van der Waals surface area contributed by atoms with Crippen LogP contribution in [0.25, 0.3) is 0 Å². The smallest absolute Gasteiger partial charge is 0.194 e. The number of halogens is 3. The Kier molecular flexibility index (Phi) is 2.90. The Bertz CT molecular complexity index is 379. The maximum absolute atomic E-state index is 13.0. The first-order valence-electron chi connectivity index (χ1n) is 5.11. The van der Waals surface area contributed by atoms with Crippen LogP contribution in [0.1, 0.15) is 18.4 Å². The highest BCUT2D eigenvalue weighted by Gasteiger charge is 2.32. The Morgan fingerprint density at radius 3 is 2.06 bits per heavy atom. The van der Waals surface area contributed by atoms with Crippen LogP contribution < -0.4 is 5.32 Å². The Hall–Kier alpha value is -1.07. The van der Waals surface area contributed by atoms with E-state index in [1.165, 1.54) is 0 Å². The van der Waals surface area contributed by atoms with E-state index in [2.05, 4.69) is 5.32 Å². The third-order valence-electron chi connectivity index (χ3n) is 2.95. The highest BCUT2D eigenvalue weighted by Crippen LogP contribution is 2.31. The van der Waals surface area contributed by atoms with Crippen LogP contribution in [-0.4, -0.2) is 18.2 Å². The fraction of sp³-hybridized carbons (Fsp3) is 0.455. The quantitative estimate of drug-likeness (QED) is 0.721. The van der Waals surface area contributed by atoms with Crippen LogP contribution in [-0.2, 0) is 5.60 Å². The molecule has 1 aromatic carbocycles. The summed E-state index contributed by atoms with van der Waals surface area (Å²) in [4.78, 5) is 0. The molecule has 0 saturated carbocycles. The van der Waals surface area contributed by atoms with Gasteiger partial charge >= 0.3 is 0 Å². The van der Waals surface area contributed by atoms with Gasteiger partial charge in [0.25, 0.3) is 0 Å². The molecule has 0 amide bonds. The van der Waals surface area contributed by atoms with Gasteiger partial charge in [0, 0.05) is 0 Å². The summed E-state index contributed by atoms with van der Waals surface area (Å²) in [5.41, 5.74) is -1.16. The van der Waals surface area contributed by atoms with Gasteiger partial charge in [-0.3, -0.25) is 0 Å². The van der Waals surface area contributed by atoms with Gasteiger partial charge < -0.3 is 10.4 Å². The van der Waals surface area contributed by atoms with Crippen LogP contribution in [0.5, 0.6) is 0 Å². The van der Waals surface area contributed by atoms with Crippen molar-refractivity contribution in [1.29, 1.82) is 0 Å². The molecule has 0 aliphatic carbocycles. The Labute approximate surface area is 91.1 Å². The fourth-order valence-corrected chi connectivity index (χ4v) is 1.95. The zero-order chi connectivity index (χ0) is 11.8. The van der Waals surface area contributed by atoms with Crippen LogP contribution in [0.15, 0.2) is 12.1 Å².